The maximum absolute atomic E-state index is 11.6. The third-order valence-corrected chi connectivity index (χ3v) is 3.24. The van der Waals surface area contributed by atoms with Gasteiger partial charge in [-0.05, 0) is 32.0 Å². The standard InChI is InChI=1S/C15H19N3O2/c1-3-18(12-6-4-11(2)5-7-12)10-14-13(8-9-20-14)15(19)17-16/h4-9H,3,10,16H2,1-2H3,(H,17,19). The molecule has 0 radical (unpaired) electrons. The van der Waals surface area contributed by atoms with E-state index in [0.29, 0.717) is 17.9 Å². The van der Waals surface area contributed by atoms with Gasteiger partial charge in [0.05, 0.1) is 18.4 Å². The van der Waals surface area contributed by atoms with Crippen molar-refractivity contribution in [3.63, 3.8) is 0 Å². The van der Waals surface area contributed by atoms with Crippen LogP contribution in [0.15, 0.2) is 41.0 Å². The Morgan fingerprint density at radius 1 is 1.30 bits per heavy atom. The van der Waals surface area contributed by atoms with E-state index in [-0.39, 0.29) is 5.91 Å². The predicted octanol–water partition coefficient (Wildman–Crippen LogP) is 2.22. The van der Waals surface area contributed by atoms with E-state index in [1.54, 1.807) is 6.07 Å². The fraction of sp³-hybridized carbons (Fsp3) is 0.267. The van der Waals surface area contributed by atoms with Gasteiger partial charge in [-0.15, -0.1) is 0 Å². The molecular formula is C15H19N3O2. The van der Waals surface area contributed by atoms with Crippen molar-refractivity contribution < 1.29 is 9.21 Å². The molecule has 0 aliphatic carbocycles. The number of amides is 1. The second kappa shape index (κ2) is 6.25. The van der Waals surface area contributed by atoms with Crippen LogP contribution in [-0.2, 0) is 6.54 Å². The minimum atomic E-state index is -0.339. The lowest BCUT2D eigenvalue weighted by Gasteiger charge is -2.22. The second-order valence-corrected chi connectivity index (χ2v) is 4.58. The number of carbonyl (C=O) groups excluding carboxylic acids is 1. The van der Waals surface area contributed by atoms with E-state index in [2.05, 4.69) is 48.4 Å². The maximum atomic E-state index is 11.6. The number of nitrogens with one attached hydrogen (secondary N) is 1. The molecule has 1 aromatic carbocycles. The van der Waals surface area contributed by atoms with Gasteiger partial charge >= 0.3 is 0 Å². The number of hydrogen-bond donors (Lipinski definition) is 2. The Kier molecular flexibility index (Phi) is 4.42. The highest BCUT2D eigenvalue weighted by molar-refractivity contribution is 5.94. The zero-order valence-corrected chi connectivity index (χ0v) is 11.7. The Balaban J connectivity index is 2.20. The molecule has 0 fully saturated rings. The molecule has 0 aliphatic heterocycles. The lowest BCUT2D eigenvalue weighted by Crippen LogP contribution is -2.31. The van der Waals surface area contributed by atoms with Crippen LogP contribution >= 0.6 is 0 Å². The van der Waals surface area contributed by atoms with Gasteiger partial charge in [0.15, 0.2) is 0 Å². The molecule has 0 saturated heterocycles. The molecule has 0 unspecified atom stereocenters. The highest BCUT2D eigenvalue weighted by atomic mass is 16.3. The van der Waals surface area contributed by atoms with Crippen LogP contribution in [0.1, 0.15) is 28.6 Å². The van der Waals surface area contributed by atoms with Gasteiger partial charge in [-0.25, -0.2) is 5.84 Å². The quantitative estimate of drug-likeness (QED) is 0.498. The van der Waals surface area contributed by atoms with E-state index in [0.717, 1.165) is 12.2 Å². The Hall–Kier alpha value is -2.27. The zero-order chi connectivity index (χ0) is 14.5. The smallest absolute Gasteiger partial charge is 0.268 e. The molecule has 106 valence electrons. The van der Waals surface area contributed by atoms with Crippen molar-refractivity contribution in [2.24, 2.45) is 5.84 Å². The molecule has 5 nitrogen and oxygen atoms in total. The summed E-state index contributed by atoms with van der Waals surface area (Å²) in [6.45, 7) is 5.45. The third kappa shape index (κ3) is 3.00. The first-order valence-electron chi connectivity index (χ1n) is 6.54. The normalized spacial score (nSPS) is 10.3. The fourth-order valence-electron chi connectivity index (χ4n) is 2.06. The molecule has 0 aliphatic rings. The molecular weight excluding hydrogens is 254 g/mol. The number of hydrazine groups is 1. The van der Waals surface area contributed by atoms with Crippen LogP contribution in [0.5, 0.6) is 0 Å². The minimum Gasteiger partial charge on any atom is -0.467 e. The first-order chi connectivity index (χ1) is 9.65. The van der Waals surface area contributed by atoms with Crippen LogP contribution < -0.4 is 16.2 Å². The number of nitrogens with zero attached hydrogens (tertiary/aromatic N) is 1. The maximum Gasteiger partial charge on any atom is 0.268 e. The third-order valence-electron chi connectivity index (χ3n) is 3.24. The van der Waals surface area contributed by atoms with Crippen molar-refractivity contribution >= 4 is 11.6 Å². The Labute approximate surface area is 118 Å². The van der Waals surface area contributed by atoms with Crippen LogP contribution in [0.2, 0.25) is 0 Å². The number of anilines is 1. The molecule has 0 bridgehead atoms. The molecule has 0 spiro atoms. The van der Waals surface area contributed by atoms with E-state index in [4.69, 9.17) is 10.3 Å². The highest BCUT2D eigenvalue weighted by Crippen LogP contribution is 2.20. The van der Waals surface area contributed by atoms with Crippen molar-refractivity contribution in [1.29, 1.82) is 0 Å². The van der Waals surface area contributed by atoms with Crippen molar-refractivity contribution in [1.82, 2.24) is 5.43 Å². The fourth-order valence-corrected chi connectivity index (χ4v) is 2.06. The number of nitrogen functional groups attached to an aromatic ring is 1. The first-order valence-corrected chi connectivity index (χ1v) is 6.54. The second-order valence-electron chi connectivity index (χ2n) is 4.58. The predicted molar refractivity (Wildman–Crippen MR) is 78.3 cm³/mol. The average molecular weight is 273 g/mol. The summed E-state index contributed by atoms with van der Waals surface area (Å²) < 4.78 is 5.41. The average Bonchev–Trinajstić information content (AvgIpc) is 2.93. The van der Waals surface area contributed by atoms with Crippen LogP contribution in [0.4, 0.5) is 5.69 Å². The molecule has 5 heteroatoms. The number of aryl methyl sites for hydroxylation is 1. The van der Waals surface area contributed by atoms with E-state index in [1.165, 1.54) is 11.8 Å². The summed E-state index contributed by atoms with van der Waals surface area (Å²) in [6, 6.07) is 9.87. The van der Waals surface area contributed by atoms with Gasteiger partial charge < -0.3 is 9.32 Å². The number of nitrogens with two attached hydrogens (primary N) is 1. The number of rotatable bonds is 5. The van der Waals surface area contributed by atoms with Gasteiger partial charge in [-0.3, -0.25) is 10.2 Å². The molecule has 1 amide bonds. The van der Waals surface area contributed by atoms with Gasteiger partial charge in [-0.2, -0.15) is 0 Å². The lowest BCUT2D eigenvalue weighted by atomic mass is 10.2. The van der Waals surface area contributed by atoms with Gasteiger partial charge in [0.25, 0.3) is 5.91 Å². The molecule has 2 rings (SSSR count). The number of hydrogen-bond acceptors (Lipinski definition) is 4. The topological polar surface area (TPSA) is 71.5 Å². The Morgan fingerprint density at radius 2 is 2.00 bits per heavy atom. The van der Waals surface area contributed by atoms with Crippen LogP contribution in [0.25, 0.3) is 0 Å². The monoisotopic (exact) mass is 273 g/mol. The van der Waals surface area contributed by atoms with E-state index in [1.807, 2.05) is 0 Å². The van der Waals surface area contributed by atoms with E-state index >= 15 is 0 Å². The Morgan fingerprint density at radius 3 is 2.60 bits per heavy atom. The number of carbonyl (C=O) groups is 1. The zero-order valence-electron chi connectivity index (χ0n) is 11.7. The number of benzene rings is 1. The summed E-state index contributed by atoms with van der Waals surface area (Å²) in [7, 11) is 0. The van der Waals surface area contributed by atoms with Crippen LogP contribution in [0.3, 0.4) is 0 Å². The lowest BCUT2D eigenvalue weighted by molar-refractivity contribution is 0.0951. The van der Waals surface area contributed by atoms with Crippen LogP contribution in [-0.4, -0.2) is 12.5 Å². The Bertz CT molecular complexity index is 575. The van der Waals surface area contributed by atoms with Gasteiger partial charge in [0, 0.05) is 12.2 Å². The summed E-state index contributed by atoms with van der Waals surface area (Å²) in [5, 5.41) is 0. The summed E-state index contributed by atoms with van der Waals surface area (Å²) in [4.78, 5) is 13.8. The largest absolute Gasteiger partial charge is 0.467 e. The van der Waals surface area contributed by atoms with Gasteiger partial charge in [0.1, 0.15) is 5.76 Å². The van der Waals surface area contributed by atoms with E-state index in [9.17, 15) is 4.79 Å². The number of furan rings is 1. The molecule has 20 heavy (non-hydrogen) atoms. The summed E-state index contributed by atoms with van der Waals surface area (Å²) in [6.07, 6.45) is 1.50. The molecule has 0 saturated carbocycles. The summed E-state index contributed by atoms with van der Waals surface area (Å²) >= 11 is 0. The molecule has 2 aromatic rings. The summed E-state index contributed by atoms with van der Waals surface area (Å²) in [5.41, 5.74) is 4.90. The molecule has 0 atom stereocenters. The van der Waals surface area contributed by atoms with Gasteiger partial charge in [-0.1, -0.05) is 17.7 Å². The highest BCUT2D eigenvalue weighted by Gasteiger charge is 2.16. The van der Waals surface area contributed by atoms with Crippen molar-refractivity contribution in [2.75, 3.05) is 11.4 Å². The van der Waals surface area contributed by atoms with Crippen molar-refractivity contribution in [3.8, 4) is 0 Å². The van der Waals surface area contributed by atoms with Crippen molar-refractivity contribution in [2.45, 2.75) is 20.4 Å². The van der Waals surface area contributed by atoms with E-state index < -0.39 is 0 Å². The van der Waals surface area contributed by atoms with Crippen LogP contribution in [0, 0.1) is 6.92 Å². The first kappa shape index (κ1) is 14.1. The SMILES string of the molecule is CCN(Cc1occc1C(=O)NN)c1ccc(C)cc1. The summed E-state index contributed by atoms with van der Waals surface area (Å²) in [5.74, 6) is 5.44. The minimum absolute atomic E-state index is 0.339. The molecule has 1 aromatic heterocycles. The molecule has 3 N–H and O–H groups in total. The van der Waals surface area contributed by atoms with Crippen molar-refractivity contribution in [3.05, 3.63) is 53.5 Å². The molecule has 1 heterocycles. The van der Waals surface area contributed by atoms with Gasteiger partial charge in [0.2, 0.25) is 0 Å².